The van der Waals surface area contributed by atoms with Crippen LogP contribution in [0.5, 0.6) is 0 Å². The second-order valence-corrected chi connectivity index (χ2v) is 11.7. The molecule has 2 fully saturated rings. The van der Waals surface area contributed by atoms with Gasteiger partial charge in [0.25, 0.3) is 0 Å². The molecule has 36 heavy (non-hydrogen) atoms. The van der Waals surface area contributed by atoms with E-state index in [0.29, 0.717) is 35.4 Å². The Hall–Kier alpha value is -2.44. The van der Waals surface area contributed by atoms with Gasteiger partial charge < -0.3 is 14.5 Å². The number of allylic oxidation sites excluding steroid dienone is 1. The summed E-state index contributed by atoms with van der Waals surface area (Å²) in [6, 6.07) is 12.0. The van der Waals surface area contributed by atoms with Crippen LogP contribution in [0.15, 0.2) is 48.6 Å². The molecule has 1 unspecified atom stereocenters. The number of nitrogens with zero attached hydrogens (tertiary/aromatic N) is 2. The van der Waals surface area contributed by atoms with Crippen molar-refractivity contribution in [3.05, 3.63) is 53.4 Å². The Morgan fingerprint density at radius 3 is 2.58 bits per heavy atom. The molecule has 0 bridgehead atoms. The summed E-state index contributed by atoms with van der Waals surface area (Å²) < 4.78 is 5.14. The van der Waals surface area contributed by atoms with Crippen molar-refractivity contribution in [3.8, 4) is 10.4 Å². The average molecular weight is 509 g/mol. The van der Waals surface area contributed by atoms with Crippen molar-refractivity contribution in [3.63, 3.8) is 0 Å². The minimum absolute atomic E-state index is 0.0474. The minimum Gasteiger partial charge on any atom is -0.465 e. The first-order chi connectivity index (χ1) is 17.4. The number of carbonyl (C=O) groups excluding carboxylic acids is 2. The van der Waals surface area contributed by atoms with Crippen LogP contribution in [0.2, 0.25) is 0 Å². The Kier molecular flexibility index (Phi) is 9.38. The molecule has 1 amide bonds. The molecule has 1 saturated heterocycles. The van der Waals surface area contributed by atoms with Gasteiger partial charge in [-0.1, -0.05) is 62.2 Å². The van der Waals surface area contributed by atoms with Gasteiger partial charge in [0, 0.05) is 24.4 Å². The van der Waals surface area contributed by atoms with Crippen LogP contribution in [0.25, 0.3) is 10.4 Å². The number of likely N-dealkylation sites (tertiary alicyclic amines) is 1. The van der Waals surface area contributed by atoms with Gasteiger partial charge in [-0.15, -0.1) is 11.3 Å². The molecule has 6 heteroatoms. The fourth-order valence-electron chi connectivity index (χ4n) is 5.53. The molecule has 5 nitrogen and oxygen atoms in total. The molecule has 1 aromatic heterocycles. The quantitative estimate of drug-likeness (QED) is 0.296. The molecule has 0 spiro atoms. The fourth-order valence-corrected chi connectivity index (χ4v) is 6.62. The van der Waals surface area contributed by atoms with Crippen molar-refractivity contribution in [1.82, 2.24) is 4.90 Å². The number of hydrogen-bond donors (Lipinski definition) is 0. The number of ether oxygens (including phenoxy) is 1. The fraction of sp³-hybridized carbons (Fsp3) is 0.533. The third-order valence-electron chi connectivity index (χ3n) is 7.66. The molecule has 0 radical (unpaired) electrons. The Morgan fingerprint density at radius 2 is 1.89 bits per heavy atom. The van der Waals surface area contributed by atoms with Crippen molar-refractivity contribution in [1.29, 1.82) is 0 Å². The first-order valence-electron chi connectivity index (χ1n) is 13.4. The largest absolute Gasteiger partial charge is 0.465 e. The zero-order valence-electron chi connectivity index (χ0n) is 21.9. The third-order valence-corrected chi connectivity index (χ3v) is 8.81. The van der Waals surface area contributed by atoms with Crippen LogP contribution in [0.1, 0.15) is 61.5 Å². The van der Waals surface area contributed by atoms with Gasteiger partial charge in [0.2, 0.25) is 5.91 Å². The number of thiophene rings is 1. The van der Waals surface area contributed by atoms with Gasteiger partial charge in [-0.3, -0.25) is 4.79 Å². The maximum Gasteiger partial charge on any atom is 0.350 e. The number of esters is 1. The van der Waals surface area contributed by atoms with Gasteiger partial charge in [0.15, 0.2) is 0 Å². The lowest BCUT2D eigenvalue weighted by atomic mass is 9.83. The van der Waals surface area contributed by atoms with E-state index < -0.39 is 0 Å². The summed E-state index contributed by atoms with van der Waals surface area (Å²) in [5.41, 5.74) is 1.72. The van der Waals surface area contributed by atoms with Crippen LogP contribution in [0.3, 0.4) is 0 Å². The molecule has 2 aliphatic rings. The zero-order valence-corrected chi connectivity index (χ0v) is 22.8. The molecular weight excluding hydrogens is 468 g/mol. The van der Waals surface area contributed by atoms with Gasteiger partial charge in [0.1, 0.15) is 4.88 Å². The highest BCUT2D eigenvalue weighted by Gasteiger charge is 2.29. The molecular formula is C30H40N2O3S. The van der Waals surface area contributed by atoms with E-state index in [1.807, 2.05) is 41.3 Å². The van der Waals surface area contributed by atoms with Crippen LogP contribution < -0.4 is 4.90 Å². The minimum atomic E-state index is -0.386. The molecule has 2 heterocycles. The van der Waals surface area contributed by atoms with Crippen molar-refractivity contribution in [2.24, 2.45) is 17.8 Å². The molecule has 4 rings (SSSR count). The monoisotopic (exact) mass is 508 g/mol. The van der Waals surface area contributed by atoms with Crippen LogP contribution in [0, 0.1) is 17.8 Å². The van der Waals surface area contributed by atoms with Gasteiger partial charge in [-0.2, -0.15) is 0 Å². The van der Waals surface area contributed by atoms with Gasteiger partial charge >= 0.3 is 5.97 Å². The Labute approximate surface area is 220 Å². The maximum absolute atomic E-state index is 13.7. The highest BCUT2D eigenvalue weighted by Crippen LogP contribution is 2.38. The lowest BCUT2D eigenvalue weighted by Gasteiger charge is -2.33. The second-order valence-electron chi connectivity index (χ2n) is 10.6. The zero-order chi connectivity index (χ0) is 25.5. The summed E-state index contributed by atoms with van der Waals surface area (Å²) in [7, 11) is 3.55. The van der Waals surface area contributed by atoms with Gasteiger partial charge in [0.05, 0.1) is 12.8 Å². The molecule has 2 aromatic rings. The number of benzene rings is 1. The normalized spacial score (nSPS) is 23.0. The number of carbonyl (C=O) groups is 2. The van der Waals surface area contributed by atoms with Crippen molar-refractivity contribution < 1.29 is 14.3 Å². The number of hydrogen-bond acceptors (Lipinski definition) is 5. The molecule has 1 aliphatic carbocycles. The molecule has 1 atom stereocenters. The average Bonchev–Trinajstić information content (AvgIpc) is 3.33. The van der Waals surface area contributed by atoms with Crippen molar-refractivity contribution in [2.45, 2.75) is 51.9 Å². The molecule has 1 aromatic carbocycles. The highest BCUT2D eigenvalue weighted by molar-refractivity contribution is 7.18. The smallest absolute Gasteiger partial charge is 0.350 e. The topological polar surface area (TPSA) is 49.9 Å². The summed E-state index contributed by atoms with van der Waals surface area (Å²) in [5, 5.41) is 0. The number of methoxy groups -OCH3 is 1. The second kappa shape index (κ2) is 12.7. The molecule has 1 saturated carbocycles. The summed E-state index contributed by atoms with van der Waals surface area (Å²) in [4.78, 5) is 32.2. The highest BCUT2D eigenvalue weighted by atomic mass is 32.1. The molecule has 1 aliphatic heterocycles. The standard InChI is InChI=1S/C30H40N2O3S/c1-22-14-16-23(17-15-22)9-7-13-28(33)32(21-24-10-8-18-31(2)20-24)26-19-27(25-11-5-4-6-12-25)36-29(26)30(34)35-3/h4-7,9,11-12,19,22-24H,8,10,13-18,20-21H2,1-3H3. The number of amides is 1. The van der Waals surface area contributed by atoms with E-state index in [4.69, 9.17) is 4.74 Å². The van der Waals surface area contributed by atoms with E-state index in [1.54, 1.807) is 0 Å². The predicted molar refractivity (Wildman–Crippen MR) is 149 cm³/mol. The van der Waals surface area contributed by atoms with Crippen LogP contribution in [0.4, 0.5) is 5.69 Å². The summed E-state index contributed by atoms with van der Waals surface area (Å²) >= 11 is 1.40. The van der Waals surface area contributed by atoms with E-state index in [0.717, 1.165) is 42.3 Å². The number of rotatable bonds is 8. The summed E-state index contributed by atoms with van der Waals surface area (Å²) in [6.07, 6.45) is 11.8. The Morgan fingerprint density at radius 1 is 1.14 bits per heavy atom. The van der Waals surface area contributed by atoms with Crippen LogP contribution >= 0.6 is 11.3 Å². The lowest BCUT2D eigenvalue weighted by Crippen LogP contribution is -2.42. The number of piperidine rings is 1. The van der Waals surface area contributed by atoms with E-state index in [9.17, 15) is 9.59 Å². The van der Waals surface area contributed by atoms with Crippen LogP contribution in [-0.4, -0.2) is 50.6 Å². The lowest BCUT2D eigenvalue weighted by molar-refractivity contribution is -0.118. The van der Waals surface area contributed by atoms with Gasteiger partial charge in [-0.05, 0) is 68.7 Å². The molecule has 0 N–H and O–H groups in total. The van der Waals surface area contributed by atoms with Crippen LogP contribution in [-0.2, 0) is 9.53 Å². The number of anilines is 1. The van der Waals surface area contributed by atoms with E-state index in [1.165, 1.54) is 44.1 Å². The van der Waals surface area contributed by atoms with E-state index in [-0.39, 0.29) is 11.9 Å². The van der Waals surface area contributed by atoms with Gasteiger partial charge in [-0.25, -0.2) is 4.79 Å². The van der Waals surface area contributed by atoms with E-state index >= 15 is 0 Å². The molecule has 194 valence electrons. The van der Waals surface area contributed by atoms with Crippen molar-refractivity contribution >= 4 is 28.9 Å². The first kappa shape index (κ1) is 26.6. The SMILES string of the molecule is COC(=O)c1sc(-c2ccccc2)cc1N(CC1CCCN(C)C1)C(=O)CC=CC1CCC(C)CC1. The summed E-state index contributed by atoms with van der Waals surface area (Å²) in [5.74, 6) is 1.43. The summed E-state index contributed by atoms with van der Waals surface area (Å²) in [6.45, 7) is 5.00. The van der Waals surface area contributed by atoms with Crippen molar-refractivity contribution in [2.75, 3.05) is 38.7 Å². The predicted octanol–water partition coefficient (Wildman–Crippen LogP) is 6.65. The first-order valence-corrected chi connectivity index (χ1v) is 14.2. The Bertz CT molecular complexity index is 1040. The maximum atomic E-state index is 13.7. The van der Waals surface area contributed by atoms with E-state index in [2.05, 4.69) is 31.0 Å². The third kappa shape index (κ3) is 6.86. The Balaban J connectivity index is 1.60.